The minimum Gasteiger partial charge on any atom is -0.391 e. The lowest BCUT2D eigenvalue weighted by Crippen LogP contribution is -2.50. The maximum atomic E-state index is 10.7. The summed E-state index contributed by atoms with van der Waals surface area (Å²) in [5.74, 6) is 0. The molecule has 0 aliphatic carbocycles. The van der Waals surface area contributed by atoms with Gasteiger partial charge in [0.15, 0.2) is 0 Å². The Morgan fingerprint density at radius 1 is 0.682 bits per heavy atom. The number of hydrogen-bond donors (Lipinski definition) is 2. The van der Waals surface area contributed by atoms with E-state index in [1.54, 1.807) is 0 Å². The summed E-state index contributed by atoms with van der Waals surface area (Å²) < 4.78 is 0. The molecule has 0 aliphatic rings. The maximum absolute atomic E-state index is 10.7. The second-order valence-electron chi connectivity index (χ2n) is 7.22. The summed E-state index contributed by atoms with van der Waals surface area (Å²) in [6.07, 6.45) is 17.4. The molecule has 0 bridgehead atoms. The van der Waals surface area contributed by atoms with Gasteiger partial charge in [-0.05, 0) is 19.3 Å². The van der Waals surface area contributed by atoms with Gasteiger partial charge in [-0.25, -0.2) is 0 Å². The zero-order chi connectivity index (χ0) is 16.7. The van der Waals surface area contributed by atoms with Gasteiger partial charge in [0.2, 0.25) is 0 Å². The Balaban J connectivity index is 4.26. The van der Waals surface area contributed by atoms with Crippen LogP contribution in [0.5, 0.6) is 0 Å². The quantitative estimate of drug-likeness (QED) is 0.345. The van der Waals surface area contributed by atoms with Crippen LogP contribution in [0.15, 0.2) is 0 Å². The number of nitrogens with two attached hydrogens (primary N) is 1. The topological polar surface area (TPSA) is 46.2 Å². The lowest BCUT2D eigenvalue weighted by Gasteiger charge is -2.35. The molecule has 0 spiro atoms. The average Bonchev–Trinajstić information content (AvgIpc) is 2.52. The Morgan fingerprint density at radius 3 is 1.50 bits per heavy atom. The minimum absolute atomic E-state index is 0.312. The molecule has 1 unspecified atom stereocenters. The monoisotopic (exact) mass is 313 g/mol. The highest BCUT2D eigenvalue weighted by Crippen LogP contribution is 2.27. The highest BCUT2D eigenvalue weighted by molar-refractivity contribution is 4.91. The number of hydrogen-bond acceptors (Lipinski definition) is 2. The van der Waals surface area contributed by atoms with Gasteiger partial charge in [0, 0.05) is 5.54 Å². The van der Waals surface area contributed by atoms with Crippen LogP contribution in [0.2, 0.25) is 0 Å². The van der Waals surface area contributed by atoms with Crippen molar-refractivity contribution >= 4 is 0 Å². The molecule has 2 nitrogen and oxygen atoms in total. The van der Waals surface area contributed by atoms with Gasteiger partial charge in [-0.3, -0.25) is 0 Å². The molecule has 0 aromatic carbocycles. The first kappa shape index (κ1) is 21.9. The first-order valence-corrected chi connectivity index (χ1v) is 10.1. The zero-order valence-corrected chi connectivity index (χ0v) is 15.7. The first-order valence-electron chi connectivity index (χ1n) is 10.1. The third-order valence-corrected chi connectivity index (χ3v) is 4.99. The minimum atomic E-state index is -0.340. The largest absolute Gasteiger partial charge is 0.391 e. The van der Waals surface area contributed by atoms with E-state index in [1.807, 2.05) is 0 Å². The van der Waals surface area contributed by atoms with Crippen LogP contribution in [0.25, 0.3) is 0 Å². The predicted molar refractivity (Wildman–Crippen MR) is 99.2 cm³/mol. The number of aliphatic hydroxyl groups is 1. The van der Waals surface area contributed by atoms with E-state index in [0.717, 1.165) is 25.7 Å². The fraction of sp³-hybridized carbons (Fsp3) is 1.00. The fourth-order valence-corrected chi connectivity index (χ4v) is 3.27. The van der Waals surface area contributed by atoms with E-state index in [-0.39, 0.29) is 11.6 Å². The van der Waals surface area contributed by atoms with Crippen LogP contribution in [0.1, 0.15) is 117 Å². The molecular weight excluding hydrogens is 270 g/mol. The van der Waals surface area contributed by atoms with Gasteiger partial charge < -0.3 is 10.8 Å². The molecule has 0 radical (unpaired) electrons. The van der Waals surface area contributed by atoms with Crippen LogP contribution in [0.3, 0.4) is 0 Å². The van der Waals surface area contributed by atoms with Gasteiger partial charge in [-0.15, -0.1) is 0 Å². The van der Waals surface area contributed by atoms with Gasteiger partial charge in [0.1, 0.15) is 0 Å². The lowest BCUT2D eigenvalue weighted by molar-refractivity contribution is 0.0592. The third kappa shape index (κ3) is 10.6. The highest BCUT2D eigenvalue weighted by Gasteiger charge is 2.32. The second-order valence-corrected chi connectivity index (χ2v) is 7.22. The van der Waals surface area contributed by atoms with Crippen LogP contribution in [-0.2, 0) is 0 Å². The van der Waals surface area contributed by atoms with E-state index in [1.165, 1.54) is 70.6 Å². The molecule has 0 heterocycles. The van der Waals surface area contributed by atoms with E-state index in [9.17, 15) is 5.11 Å². The second kappa shape index (κ2) is 14.5. The van der Waals surface area contributed by atoms with Crippen molar-refractivity contribution in [2.75, 3.05) is 0 Å². The van der Waals surface area contributed by atoms with Crippen molar-refractivity contribution in [3.63, 3.8) is 0 Å². The van der Waals surface area contributed by atoms with Crippen molar-refractivity contribution in [1.29, 1.82) is 0 Å². The van der Waals surface area contributed by atoms with Gasteiger partial charge in [0.25, 0.3) is 0 Å². The normalized spacial score (nSPS) is 13.5. The molecular formula is C20H43NO. The molecule has 1 atom stereocenters. The maximum Gasteiger partial charge on any atom is 0.0719 e. The van der Waals surface area contributed by atoms with Gasteiger partial charge in [0.05, 0.1) is 6.10 Å². The van der Waals surface area contributed by atoms with Crippen molar-refractivity contribution in [3.8, 4) is 0 Å². The summed E-state index contributed by atoms with van der Waals surface area (Å²) in [7, 11) is 0. The summed E-state index contributed by atoms with van der Waals surface area (Å²) in [5, 5.41) is 10.7. The van der Waals surface area contributed by atoms with E-state index < -0.39 is 0 Å². The Kier molecular flexibility index (Phi) is 14.5. The molecule has 22 heavy (non-hydrogen) atoms. The van der Waals surface area contributed by atoms with Crippen LogP contribution < -0.4 is 5.73 Å². The summed E-state index contributed by atoms with van der Waals surface area (Å²) in [4.78, 5) is 0. The Morgan fingerprint density at radius 2 is 1.09 bits per heavy atom. The standard InChI is InChI=1S/C20H43NO/c1-4-7-10-13-16-19(22)20(21,17-14-11-8-5-2)18-15-12-9-6-3/h19,22H,4-18,21H2,1-3H3. The molecule has 0 saturated carbocycles. The van der Waals surface area contributed by atoms with Gasteiger partial charge in [-0.2, -0.15) is 0 Å². The average molecular weight is 314 g/mol. The molecule has 134 valence electrons. The molecule has 0 fully saturated rings. The molecule has 3 N–H and O–H groups in total. The smallest absolute Gasteiger partial charge is 0.0719 e. The van der Waals surface area contributed by atoms with Crippen LogP contribution in [-0.4, -0.2) is 16.7 Å². The summed E-state index contributed by atoms with van der Waals surface area (Å²) >= 11 is 0. The molecule has 0 aromatic heterocycles. The summed E-state index contributed by atoms with van der Waals surface area (Å²) in [5.41, 5.74) is 6.33. The summed E-state index contributed by atoms with van der Waals surface area (Å²) in [6, 6.07) is 0. The molecule has 0 amide bonds. The van der Waals surface area contributed by atoms with Gasteiger partial charge in [-0.1, -0.05) is 97.8 Å². The number of unbranched alkanes of at least 4 members (excludes halogenated alkanes) is 9. The molecule has 0 rings (SSSR count). The summed E-state index contributed by atoms with van der Waals surface area (Å²) in [6.45, 7) is 6.71. The van der Waals surface area contributed by atoms with Crippen LogP contribution in [0, 0.1) is 0 Å². The van der Waals surface area contributed by atoms with Crippen molar-refractivity contribution < 1.29 is 5.11 Å². The highest BCUT2D eigenvalue weighted by atomic mass is 16.3. The zero-order valence-electron chi connectivity index (χ0n) is 15.7. The third-order valence-electron chi connectivity index (χ3n) is 4.99. The lowest BCUT2D eigenvalue weighted by atomic mass is 9.80. The van der Waals surface area contributed by atoms with E-state index in [4.69, 9.17) is 5.73 Å². The van der Waals surface area contributed by atoms with E-state index in [0.29, 0.717) is 0 Å². The van der Waals surface area contributed by atoms with Crippen LogP contribution in [0.4, 0.5) is 0 Å². The van der Waals surface area contributed by atoms with Crippen molar-refractivity contribution in [2.45, 2.75) is 129 Å². The Bertz CT molecular complexity index is 218. The van der Waals surface area contributed by atoms with Crippen molar-refractivity contribution in [3.05, 3.63) is 0 Å². The number of aliphatic hydroxyl groups excluding tert-OH is 1. The van der Waals surface area contributed by atoms with Crippen molar-refractivity contribution in [1.82, 2.24) is 0 Å². The molecule has 0 saturated heterocycles. The van der Waals surface area contributed by atoms with Crippen molar-refractivity contribution in [2.24, 2.45) is 5.73 Å². The fourth-order valence-electron chi connectivity index (χ4n) is 3.27. The SMILES string of the molecule is CCCCCCC(O)C(N)(CCCCCC)CCCCCC. The predicted octanol–water partition coefficient (Wildman–Crippen LogP) is 5.96. The van der Waals surface area contributed by atoms with E-state index in [2.05, 4.69) is 20.8 Å². The number of rotatable bonds is 16. The van der Waals surface area contributed by atoms with Gasteiger partial charge >= 0.3 is 0 Å². The first-order chi connectivity index (χ1) is 10.6. The molecule has 2 heteroatoms. The van der Waals surface area contributed by atoms with E-state index >= 15 is 0 Å². The Hall–Kier alpha value is -0.0800. The molecule has 0 aromatic rings. The molecule has 0 aliphatic heterocycles. The Labute approximate surface area is 140 Å². The van der Waals surface area contributed by atoms with Crippen LogP contribution >= 0.6 is 0 Å².